The summed E-state index contributed by atoms with van der Waals surface area (Å²) in [5.41, 5.74) is 2.78. The fraction of sp³-hybridized carbons (Fsp3) is 0.531. The molecule has 3 amide bonds. The maximum absolute atomic E-state index is 14.2. The molecule has 2 aromatic carbocycles. The molecule has 3 aliphatic heterocycles. The smallest absolute Gasteiger partial charge is 0.248 e. The number of alkyl halides is 1. The lowest BCUT2D eigenvalue weighted by atomic mass is 9.70. The number of hydrogen-bond donors (Lipinski definition) is 3. The summed E-state index contributed by atoms with van der Waals surface area (Å²) >= 11 is 5.48. The number of fused-ring (bicyclic) bond motifs is 1. The molecule has 1 spiro atoms. The zero-order valence-corrected chi connectivity index (χ0v) is 26.7. The number of rotatable bonds is 13. The number of likely N-dealkylation sites (tertiary alicyclic amines) is 1. The van der Waals surface area contributed by atoms with Gasteiger partial charge in [-0.05, 0) is 69.4 Å². The highest BCUT2D eigenvalue weighted by atomic mass is 79.9. The van der Waals surface area contributed by atoms with Crippen LogP contribution in [0.15, 0.2) is 54.6 Å². The fourth-order valence-corrected chi connectivity index (χ4v) is 10.6. The highest BCUT2D eigenvalue weighted by molar-refractivity contribution is 9.09. The van der Waals surface area contributed by atoms with Crippen LogP contribution in [-0.4, -0.2) is 74.8 Å². The van der Waals surface area contributed by atoms with Gasteiger partial charge in [-0.3, -0.25) is 14.4 Å². The second-order valence-corrected chi connectivity index (χ2v) is 14.1. The Bertz CT molecular complexity index is 1260. The summed E-state index contributed by atoms with van der Waals surface area (Å²) < 4.78 is -0.688. The normalized spacial score (nSPS) is 27.7. The standard InChI is InChI=1S/C32H41BrN4O4S/c1-3-36(4-2)23-15-13-22(14-16-23)35-30(40)28-32-19-24(33)27(42-32)25(29(39)34-20-21-11-7-5-8-12-21)26(32)31(41)37(28)17-9-6-10-18-38/h5,7-8,11-16,24-28,38H,3-4,6,9-10,17-20H2,1-2H3,(H,34,39)(H,35,40)/t24?,25-,26+,27-,28?,32?/m1/s1. The molecule has 2 bridgehead atoms. The maximum Gasteiger partial charge on any atom is 0.248 e. The lowest BCUT2D eigenvalue weighted by molar-refractivity contribution is -0.139. The summed E-state index contributed by atoms with van der Waals surface area (Å²) in [6.45, 7) is 6.93. The summed E-state index contributed by atoms with van der Waals surface area (Å²) in [4.78, 5) is 46.0. The number of carbonyl (C=O) groups excluding carboxylic acids is 3. The lowest BCUT2D eigenvalue weighted by Crippen LogP contribution is -2.53. The number of benzene rings is 2. The van der Waals surface area contributed by atoms with E-state index in [1.165, 1.54) is 0 Å². The average Bonchev–Trinajstić information content (AvgIpc) is 3.59. The first-order valence-corrected chi connectivity index (χ1v) is 16.8. The van der Waals surface area contributed by atoms with Crippen molar-refractivity contribution in [2.75, 3.05) is 36.5 Å². The van der Waals surface area contributed by atoms with Crippen LogP contribution < -0.4 is 15.5 Å². The van der Waals surface area contributed by atoms with Crippen LogP contribution in [0.2, 0.25) is 0 Å². The van der Waals surface area contributed by atoms with Gasteiger partial charge in [0.1, 0.15) is 6.04 Å². The van der Waals surface area contributed by atoms with E-state index in [1.807, 2.05) is 54.6 Å². The molecule has 0 radical (unpaired) electrons. The summed E-state index contributed by atoms with van der Waals surface area (Å²) in [5, 5.41) is 15.4. The van der Waals surface area contributed by atoms with Gasteiger partial charge >= 0.3 is 0 Å². The average molecular weight is 658 g/mol. The summed E-state index contributed by atoms with van der Waals surface area (Å²) in [7, 11) is 0. The van der Waals surface area contributed by atoms with Crippen LogP contribution in [0.1, 0.15) is 45.1 Å². The Balaban J connectivity index is 1.40. The highest BCUT2D eigenvalue weighted by Crippen LogP contribution is 2.67. The van der Waals surface area contributed by atoms with Crippen LogP contribution in [0.4, 0.5) is 11.4 Å². The minimum Gasteiger partial charge on any atom is -0.396 e. The van der Waals surface area contributed by atoms with E-state index in [-0.39, 0.29) is 34.4 Å². The number of unbranched alkanes of at least 4 members (excludes halogenated alkanes) is 2. The number of nitrogens with one attached hydrogen (secondary N) is 2. The van der Waals surface area contributed by atoms with Gasteiger partial charge in [-0.2, -0.15) is 0 Å². The van der Waals surface area contributed by atoms with E-state index in [2.05, 4.69) is 45.3 Å². The van der Waals surface area contributed by atoms with E-state index in [0.717, 1.165) is 30.8 Å². The van der Waals surface area contributed by atoms with Crippen molar-refractivity contribution >= 4 is 56.8 Å². The predicted octanol–water partition coefficient (Wildman–Crippen LogP) is 4.41. The molecule has 3 fully saturated rings. The molecule has 2 aromatic rings. The van der Waals surface area contributed by atoms with Gasteiger partial charge in [0.05, 0.1) is 16.6 Å². The zero-order chi connectivity index (χ0) is 29.9. The van der Waals surface area contributed by atoms with Crippen LogP contribution in [0.3, 0.4) is 0 Å². The Hall–Kier alpha value is -2.56. The molecule has 6 atom stereocenters. The molecule has 3 aliphatic rings. The molecule has 0 saturated carbocycles. The van der Waals surface area contributed by atoms with Gasteiger partial charge in [-0.15, -0.1) is 11.8 Å². The number of thioether (sulfide) groups is 1. The largest absolute Gasteiger partial charge is 0.396 e. The Morgan fingerprint density at radius 2 is 1.76 bits per heavy atom. The Morgan fingerprint density at radius 1 is 1.05 bits per heavy atom. The molecule has 10 heteroatoms. The second kappa shape index (κ2) is 13.4. The van der Waals surface area contributed by atoms with Gasteiger partial charge in [-0.1, -0.05) is 46.3 Å². The minimum atomic E-state index is -0.688. The van der Waals surface area contributed by atoms with Crippen molar-refractivity contribution in [1.29, 1.82) is 0 Å². The molecule has 8 nitrogen and oxygen atoms in total. The van der Waals surface area contributed by atoms with E-state index in [0.29, 0.717) is 38.0 Å². The van der Waals surface area contributed by atoms with Gasteiger partial charge in [0, 0.05) is 54.2 Å². The molecule has 3 unspecified atom stereocenters. The van der Waals surface area contributed by atoms with Crippen LogP contribution in [0.25, 0.3) is 0 Å². The van der Waals surface area contributed by atoms with Crippen molar-refractivity contribution in [2.24, 2.45) is 11.8 Å². The first-order valence-electron chi connectivity index (χ1n) is 15.0. The molecule has 3 N–H and O–H groups in total. The number of amides is 3. The van der Waals surface area contributed by atoms with E-state index < -0.39 is 22.6 Å². The highest BCUT2D eigenvalue weighted by Gasteiger charge is 2.75. The molecule has 42 heavy (non-hydrogen) atoms. The van der Waals surface area contributed by atoms with Crippen LogP contribution in [0.5, 0.6) is 0 Å². The third-order valence-electron chi connectivity index (χ3n) is 8.97. The van der Waals surface area contributed by atoms with Crippen molar-refractivity contribution in [2.45, 2.75) is 66.9 Å². The molecular weight excluding hydrogens is 616 g/mol. The van der Waals surface area contributed by atoms with Gasteiger partial charge < -0.3 is 25.5 Å². The van der Waals surface area contributed by atoms with Gasteiger partial charge in [-0.25, -0.2) is 0 Å². The van der Waals surface area contributed by atoms with Crippen molar-refractivity contribution in [1.82, 2.24) is 10.2 Å². The molecule has 3 saturated heterocycles. The number of hydrogen-bond acceptors (Lipinski definition) is 6. The van der Waals surface area contributed by atoms with Crippen LogP contribution in [-0.2, 0) is 20.9 Å². The molecule has 3 heterocycles. The zero-order valence-electron chi connectivity index (χ0n) is 24.3. The van der Waals surface area contributed by atoms with Crippen molar-refractivity contribution < 1.29 is 19.5 Å². The third kappa shape index (κ3) is 5.82. The van der Waals surface area contributed by atoms with Gasteiger partial charge in [0.25, 0.3) is 0 Å². The Labute approximate surface area is 261 Å². The quantitative estimate of drug-likeness (QED) is 0.218. The third-order valence-corrected chi connectivity index (χ3v) is 12.2. The number of aliphatic hydroxyl groups excluding tert-OH is 1. The Kier molecular flexibility index (Phi) is 9.84. The number of carbonyl (C=O) groups is 3. The Morgan fingerprint density at radius 3 is 2.43 bits per heavy atom. The summed E-state index contributed by atoms with van der Waals surface area (Å²) in [5.74, 6) is -1.52. The second-order valence-electron chi connectivity index (χ2n) is 11.4. The van der Waals surface area contributed by atoms with Crippen molar-refractivity contribution in [3.8, 4) is 0 Å². The van der Waals surface area contributed by atoms with Crippen LogP contribution >= 0.6 is 27.7 Å². The topological polar surface area (TPSA) is 102 Å². The number of halogens is 1. The number of nitrogens with zero attached hydrogens (tertiary/aromatic N) is 2. The first kappa shape index (κ1) is 30.9. The van der Waals surface area contributed by atoms with Gasteiger partial charge in [0.2, 0.25) is 17.7 Å². The van der Waals surface area contributed by atoms with Crippen molar-refractivity contribution in [3.05, 3.63) is 60.2 Å². The molecule has 5 rings (SSSR count). The van der Waals surface area contributed by atoms with Crippen molar-refractivity contribution in [3.63, 3.8) is 0 Å². The number of anilines is 2. The molecule has 0 aliphatic carbocycles. The van der Waals surface area contributed by atoms with E-state index in [4.69, 9.17) is 0 Å². The van der Waals surface area contributed by atoms with E-state index in [1.54, 1.807) is 16.7 Å². The summed E-state index contributed by atoms with van der Waals surface area (Å²) in [6, 6.07) is 16.9. The lowest BCUT2D eigenvalue weighted by Gasteiger charge is -2.35. The molecular formula is C32H41BrN4O4S. The van der Waals surface area contributed by atoms with E-state index >= 15 is 0 Å². The SMILES string of the molecule is CCN(CC)c1ccc(NC(=O)C2N(CCCCCO)C(=O)[C@@H]3[C@@H](C(=O)NCc4ccccc4)[C@@H]4SC23CC4Br)cc1. The first-order chi connectivity index (χ1) is 20.3. The summed E-state index contributed by atoms with van der Waals surface area (Å²) in [6.07, 6.45) is 2.75. The minimum absolute atomic E-state index is 0.0250. The molecule has 226 valence electrons. The van der Waals surface area contributed by atoms with Crippen LogP contribution in [0, 0.1) is 11.8 Å². The predicted molar refractivity (Wildman–Crippen MR) is 172 cm³/mol. The monoisotopic (exact) mass is 656 g/mol. The van der Waals surface area contributed by atoms with E-state index in [9.17, 15) is 19.5 Å². The fourth-order valence-electron chi connectivity index (χ4n) is 7.00. The van der Waals surface area contributed by atoms with Gasteiger partial charge in [0.15, 0.2) is 0 Å². The maximum atomic E-state index is 14.2. The number of aliphatic hydroxyl groups is 1. The molecule has 0 aromatic heterocycles.